The third-order valence-corrected chi connectivity index (χ3v) is 8.17. The lowest BCUT2D eigenvalue weighted by Crippen LogP contribution is -2.27. The number of carbonyl (C=O) groups is 1. The molecule has 3 aromatic rings. The van der Waals surface area contributed by atoms with Gasteiger partial charge in [-0.3, -0.25) is 9.52 Å². The van der Waals surface area contributed by atoms with E-state index >= 15 is 0 Å². The van der Waals surface area contributed by atoms with Gasteiger partial charge in [-0.1, -0.05) is 30.3 Å². The number of anilines is 1. The first kappa shape index (κ1) is 25.5. The predicted octanol–water partition coefficient (Wildman–Crippen LogP) is 4.31. The Hall–Kier alpha value is -3.17. The van der Waals surface area contributed by atoms with Gasteiger partial charge in [-0.15, -0.1) is 0 Å². The van der Waals surface area contributed by atoms with Crippen LogP contribution in [-0.4, -0.2) is 29.0 Å². The SMILES string of the molecule is Cc1ccc(C)c(NS(=O)(=O)c2cc(C(=O)N[C@H](C)c3ccc(S(C)(=O)=O)cc3)ccc2C)c1. The van der Waals surface area contributed by atoms with E-state index in [2.05, 4.69) is 10.0 Å². The number of carbonyl (C=O) groups excluding carboxylic acids is 1. The van der Waals surface area contributed by atoms with Crippen molar-refractivity contribution >= 4 is 31.5 Å². The summed E-state index contributed by atoms with van der Waals surface area (Å²) in [6.07, 6.45) is 1.13. The molecule has 7 nitrogen and oxygen atoms in total. The first-order chi connectivity index (χ1) is 15.8. The van der Waals surface area contributed by atoms with Gasteiger partial charge >= 0.3 is 0 Å². The molecule has 0 saturated heterocycles. The average molecular weight is 501 g/mol. The summed E-state index contributed by atoms with van der Waals surface area (Å²) in [5.41, 5.74) is 3.63. The van der Waals surface area contributed by atoms with E-state index in [0.717, 1.165) is 22.9 Å². The molecular formula is C25H28N2O5S2. The van der Waals surface area contributed by atoms with Crippen LogP contribution >= 0.6 is 0 Å². The molecule has 0 heterocycles. The molecule has 0 aliphatic heterocycles. The third kappa shape index (κ3) is 5.84. The van der Waals surface area contributed by atoms with Gasteiger partial charge in [0, 0.05) is 11.8 Å². The number of sulfonamides is 1. The monoisotopic (exact) mass is 500 g/mol. The predicted molar refractivity (Wildman–Crippen MR) is 133 cm³/mol. The molecule has 0 spiro atoms. The second-order valence-electron chi connectivity index (χ2n) is 8.44. The van der Waals surface area contributed by atoms with Crippen LogP contribution < -0.4 is 10.0 Å². The van der Waals surface area contributed by atoms with Crippen LogP contribution in [0.1, 0.15) is 45.6 Å². The van der Waals surface area contributed by atoms with Crippen molar-refractivity contribution in [2.45, 2.75) is 43.5 Å². The molecule has 0 unspecified atom stereocenters. The lowest BCUT2D eigenvalue weighted by molar-refractivity contribution is 0.0939. The zero-order valence-corrected chi connectivity index (χ0v) is 21.3. The molecule has 0 radical (unpaired) electrons. The number of hydrogen-bond donors (Lipinski definition) is 2. The molecule has 0 aliphatic rings. The molecule has 0 aromatic heterocycles. The maximum Gasteiger partial charge on any atom is 0.262 e. The Labute approximate surface area is 201 Å². The van der Waals surface area contributed by atoms with E-state index in [0.29, 0.717) is 11.3 Å². The molecule has 3 aromatic carbocycles. The third-order valence-electron chi connectivity index (χ3n) is 5.53. The normalized spacial score (nSPS) is 12.7. The minimum absolute atomic E-state index is 0.0196. The Bertz CT molecular complexity index is 1450. The highest BCUT2D eigenvalue weighted by molar-refractivity contribution is 7.92. The fourth-order valence-corrected chi connectivity index (χ4v) is 5.47. The van der Waals surface area contributed by atoms with E-state index in [4.69, 9.17) is 0 Å². The van der Waals surface area contributed by atoms with Crippen molar-refractivity contribution in [1.29, 1.82) is 0 Å². The van der Waals surface area contributed by atoms with Crippen LogP contribution in [-0.2, 0) is 19.9 Å². The molecule has 34 heavy (non-hydrogen) atoms. The van der Waals surface area contributed by atoms with Crippen molar-refractivity contribution in [1.82, 2.24) is 5.32 Å². The standard InChI is InChI=1S/C25H28N2O5S2/c1-16-6-7-17(2)23(14-16)27-34(31,32)24-15-21(9-8-18(24)3)25(28)26-19(4)20-10-12-22(13-11-20)33(5,29)30/h6-15,19,27H,1-5H3,(H,26,28)/t19-/m1/s1. The molecule has 1 amide bonds. The van der Waals surface area contributed by atoms with Gasteiger partial charge in [-0.25, -0.2) is 16.8 Å². The Balaban J connectivity index is 1.83. The maximum absolute atomic E-state index is 13.1. The average Bonchev–Trinajstić information content (AvgIpc) is 2.75. The fourth-order valence-electron chi connectivity index (χ4n) is 3.44. The molecule has 0 fully saturated rings. The van der Waals surface area contributed by atoms with E-state index in [-0.39, 0.29) is 15.4 Å². The second-order valence-corrected chi connectivity index (χ2v) is 12.1. The van der Waals surface area contributed by atoms with E-state index in [9.17, 15) is 21.6 Å². The second kappa shape index (κ2) is 9.60. The lowest BCUT2D eigenvalue weighted by Gasteiger charge is -2.16. The minimum Gasteiger partial charge on any atom is -0.346 e. The van der Waals surface area contributed by atoms with Crippen LogP contribution in [0.25, 0.3) is 0 Å². The number of sulfone groups is 1. The van der Waals surface area contributed by atoms with Crippen molar-refractivity contribution in [2.24, 2.45) is 0 Å². The summed E-state index contributed by atoms with van der Waals surface area (Å²) >= 11 is 0. The first-order valence-corrected chi connectivity index (χ1v) is 14.0. The van der Waals surface area contributed by atoms with Gasteiger partial charge in [0.15, 0.2) is 9.84 Å². The summed E-state index contributed by atoms with van der Waals surface area (Å²) in [5.74, 6) is -0.442. The minimum atomic E-state index is -3.93. The van der Waals surface area contributed by atoms with Crippen LogP contribution in [0.2, 0.25) is 0 Å². The number of rotatable bonds is 7. The van der Waals surface area contributed by atoms with Gasteiger partial charge in [0.2, 0.25) is 0 Å². The Morgan fingerprint density at radius 1 is 0.824 bits per heavy atom. The molecule has 0 saturated carbocycles. The van der Waals surface area contributed by atoms with Crippen LogP contribution in [0.15, 0.2) is 70.5 Å². The summed E-state index contributed by atoms with van der Waals surface area (Å²) in [5, 5.41) is 2.83. The van der Waals surface area contributed by atoms with Gasteiger partial charge in [0.05, 0.1) is 21.5 Å². The van der Waals surface area contributed by atoms with Crippen LogP contribution in [0.4, 0.5) is 5.69 Å². The van der Waals surface area contributed by atoms with E-state index in [1.165, 1.54) is 18.2 Å². The van der Waals surface area contributed by atoms with Crippen LogP contribution in [0, 0.1) is 20.8 Å². The number of aryl methyl sites for hydroxylation is 3. The highest BCUT2D eigenvalue weighted by Gasteiger charge is 2.21. The Morgan fingerprint density at radius 3 is 2.06 bits per heavy atom. The van der Waals surface area contributed by atoms with E-state index < -0.39 is 31.8 Å². The molecule has 0 bridgehead atoms. The Morgan fingerprint density at radius 2 is 1.44 bits per heavy atom. The summed E-state index contributed by atoms with van der Waals surface area (Å²) in [6, 6.07) is 15.9. The smallest absolute Gasteiger partial charge is 0.262 e. The van der Waals surface area contributed by atoms with E-state index in [1.807, 2.05) is 26.0 Å². The first-order valence-electron chi connectivity index (χ1n) is 10.6. The number of amides is 1. The zero-order valence-electron chi connectivity index (χ0n) is 19.7. The molecule has 3 rings (SSSR count). The van der Waals surface area contributed by atoms with Gasteiger partial charge in [0.1, 0.15) is 0 Å². The van der Waals surface area contributed by atoms with Gasteiger partial charge in [0.25, 0.3) is 15.9 Å². The molecular weight excluding hydrogens is 472 g/mol. The number of hydrogen-bond acceptors (Lipinski definition) is 5. The fraction of sp³-hybridized carbons (Fsp3) is 0.240. The van der Waals surface area contributed by atoms with Crippen molar-refractivity contribution in [3.05, 3.63) is 88.5 Å². The van der Waals surface area contributed by atoms with Crippen molar-refractivity contribution in [3.8, 4) is 0 Å². The quantitative estimate of drug-likeness (QED) is 0.503. The summed E-state index contributed by atoms with van der Waals surface area (Å²) in [6.45, 7) is 7.13. The van der Waals surface area contributed by atoms with Gasteiger partial charge < -0.3 is 5.32 Å². The molecule has 2 N–H and O–H groups in total. The molecule has 1 atom stereocenters. The summed E-state index contributed by atoms with van der Waals surface area (Å²) in [7, 11) is -7.24. The highest BCUT2D eigenvalue weighted by Crippen LogP contribution is 2.24. The maximum atomic E-state index is 13.1. The largest absolute Gasteiger partial charge is 0.346 e. The zero-order chi connectivity index (χ0) is 25.3. The van der Waals surface area contributed by atoms with Crippen molar-refractivity contribution in [2.75, 3.05) is 11.0 Å². The van der Waals surface area contributed by atoms with Gasteiger partial charge in [-0.05, 0) is 80.3 Å². The molecule has 9 heteroatoms. The molecule has 180 valence electrons. The topological polar surface area (TPSA) is 109 Å². The summed E-state index contributed by atoms with van der Waals surface area (Å²) in [4.78, 5) is 13.1. The van der Waals surface area contributed by atoms with Crippen LogP contribution in [0.3, 0.4) is 0 Å². The highest BCUT2D eigenvalue weighted by atomic mass is 32.2. The van der Waals surface area contributed by atoms with Crippen LogP contribution in [0.5, 0.6) is 0 Å². The lowest BCUT2D eigenvalue weighted by atomic mass is 10.1. The number of benzene rings is 3. The Kier molecular flexibility index (Phi) is 7.18. The summed E-state index contributed by atoms with van der Waals surface area (Å²) < 4.78 is 52.2. The number of nitrogens with one attached hydrogen (secondary N) is 2. The van der Waals surface area contributed by atoms with Crippen molar-refractivity contribution < 1.29 is 21.6 Å². The molecule has 0 aliphatic carbocycles. The van der Waals surface area contributed by atoms with Crippen molar-refractivity contribution in [3.63, 3.8) is 0 Å². The van der Waals surface area contributed by atoms with Gasteiger partial charge in [-0.2, -0.15) is 0 Å². The van der Waals surface area contributed by atoms with E-state index in [1.54, 1.807) is 44.2 Å².